The minimum absolute atomic E-state index is 0.442. The first-order valence-electron chi connectivity index (χ1n) is 7.00. The number of aryl methyl sites for hydroxylation is 1. The fourth-order valence-electron chi connectivity index (χ4n) is 1.96. The molecular formula is C17H21N3S. The third kappa shape index (κ3) is 4.83. The highest BCUT2D eigenvalue weighted by atomic mass is 32.2. The van der Waals surface area contributed by atoms with Gasteiger partial charge in [0, 0.05) is 10.6 Å². The fourth-order valence-corrected chi connectivity index (χ4v) is 2.37. The lowest BCUT2D eigenvalue weighted by Crippen LogP contribution is -2.22. The summed E-state index contributed by atoms with van der Waals surface area (Å²) < 4.78 is 0. The first-order chi connectivity index (χ1) is 10.2. The lowest BCUT2D eigenvalue weighted by Gasteiger charge is -2.07. The van der Waals surface area contributed by atoms with Crippen molar-refractivity contribution in [3.05, 3.63) is 59.7 Å². The Kier molecular flexibility index (Phi) is 5.69. The number of hydrogen-bond acceptors (Lipinski definition) is 2. The molecule has 0 heterocycles. The standard InChI is InChI=1S/C17H21N3S/c1-3-13-5-4-6-15(11-13)20-17(18)19-12-14-7-9-16(21-2)10-8-14/h4-11H,3,12H2,1-2H3,(H3,18,19,20). The summed E-state index contributed by atoms with van der Waals surface area (Å²) >= 11 is 1.73. The highest BCUT2D eigenvalue weighted by molar-refractivity contribution is 7.98. The maximum absolute atomic E-state index is 5.94. The van der Waals surface area contributed by atoms with E-state index in [2.05, 4.69) is 59.9 Å². The molecule has 0 saturated carbocycles. The van der Waals surface area contributed by atoms with Crippen LogP contribution in [0.4, 0.5) is 5.69 Å². The zero-order chi connectivity index (χ0) is 15.1. The molecule has 3 N–H and O–H groups in total. The normalized spacial score (nSPS) is 11.4. The van der Waals surface area contributed by atoms with Crippen LogP contribution in [-0.2, 0) is 13.0 Å². The molecule has 2 aromatic carbocycles. The molecule has 0 amide bonds. The van der Waals surface area contributed by atoms with E-state index in [-0.39, 0.29) is 0 Å². The second-order valence-electron chi connectivity index (χ2n) is 4.73. The first kappa shape index (κ1) is 15.4. The minimum atomic E-state index is 0.442. The second-order valence-corrected chi connectivity index (χ2v) is 5.61. The van der Waals surface area contributed by atoms with E-state index in [1.165, 1.54) is 10.5 Å². The van der Waals surface area contributed by atoms with Gasteiger partial charge in [0.15, 0.2) is 5.96 Å². The fraction of sp³-hybridized carbons (Fsp3) is 0.235. The quantitative estimate of drug-likeness (QED) is 0.500. The Balaban J connectivity index is 1.96. The Morgan fingerprint density at radius 3 is 2.57 bits per heavy atom. The zero-order valence-electron chi connectivity index (χ0n) is 12.5. The largest absolute Gasteiger partial charge is 0.370 e. The van der Waals surface area contributed by atoms with Crippen LogP contribution in [0.15, 0.2) is 58.4 Å². The molecule has 2 aromatic rings. The van der Waals surface area contributed by atoms with Crippen molar-refractivity contribution in [2.45, 2.75) is 24.8 Å². The number of nitrogens with one attached hydrogen (secondary N) is 1. The topological polar surface area (TPSA) is 50.4 Å². The van der Waals surface area contributed by atoms with E-state index >= 15 is 0 Å². The summed E-state index contributed by atoms with van der Waals surface area (Å²) in [6.07, 6.45) is 3.08. The number of anilines is 1. The maximum Gasteiger partial charge on any atom is 0.193 e. The van der Waals surface area contributed by atoms with E-state index in [1.54, 1.807) is 11.8 Å². The maximum atomic E-state index is 5.94. The summed E-state index contributed by atoms with van der Waals surface area (Å²) in [6, 6.07) is 16.6. The van der Waals surface area contributed by atoms with E-state index in [4.69, 9.17) is 5.73 Å². The number of rotatable bonds is 5. The number of nitrogens with zero attached hydrogens (tertiary/aromatic N) is 1. The molecule has 3 nitrogen and oxygen atoms in total. The molecule has 0 aliphatic rings. The second kappa shape index (κ2) is 7.74. The lowest BCUT2D eigenvalue weighted by atomic mass is 10.1. The van der Waals surface area contributed by atoms with Gasteiger partial charge in [-0.15, -0.1) is 11.8 Å². The first-order valence-corrected chi connectivity index (χ1v) is 8.22. The molecule has 2 rings (SSSR count). The number of nitrogens with two attached hydrogens (primary N) is 1. The monoisotopic (exact) mass is 299 g/mol. The number of benzene rings is 2. The van der Waals surface area contributed by atoms with Crippen LogP contribution < -0.4 is 11.1 Å². The van der Waals surface area contributed by atoms with Crippen LogP contribution in [0.2, 0.25) is 0 Å². The van der Waals surface area contributed by atoms with Crippen molar-refractivity contribution in [1.82, 2.24) is 0 Å². The Labute approximate surface area is 130 Å². The van der Waals surface area contributed by atoms with Crippen molar-refractivity contribution in [3.8, 4) is 0 Å². The van der Waals surface area contributed by atoms with Gasteiger partial charge >= 0.3 is 0 Å². The van der Waals surface area contributed by atoms with Gasteiger partial charge in [0.05, 0.1) is 6.54 Å². The SMILES string of the molecule is CCc1cccc(NC(N)=NCc2ccc(SC)cc2)c1. The third-order valence-corrected chi connectivity index (χ3v) is 3.94. The van der Waals surface area contributed by atoms with Gasteiger partial charge in [-0.1, -0.05) is 31.2 Å². The van der Waals surface area contributed by atoms with Crippen LogP contribution in [0.1, 0.15) is 18.1 Å². The van der Waals surface area contributed by atoms with E-state index in [0.717, 1.165) is 17.7 Å². The molecule has 0 aromatic heterocycles. The molecule has 0 radical (unpaired) electrons. The van der Waals surface area contributed by atoms with Crippen molar-refractivity contribution in [1.29, 1.82) is 0 Å². The summed E-state index contributed by atoms with van der Waals surface area (Å²) in [4.78, 5) is 5.63. The van der Waals surface area contributed by atoms with Crippen LogP contribution in [0.5, 0.6) is 0 Å². The predicted octanol–water partition coefficient (Wildman–Crippen LogP) is 3.90. The van der Waals surface area contributed by atoms with Gasteiger partial charge in [0.25, 0.3) is 0 Å². The average molecular weight is 299 g/mol. The summed E-state index contributed by atoms with van der Waals surface area (Å²) in [5.74, 6) is 0.442. The Morgan fingerprint density at radius 1 is 1.14 bits per heavy atom. The van der Waals surface area contributed by atoms with Gasteiger partial charge in [-0.25, -0.2) is 4.99 Å². The van der Waals surface area contributed by atoms with E-state index in [9.17, 15) is 0 Å². The highest BCUT2D eigenvalue weighted by Gasteiger charge is 1.97. The molecule has 0 fully saturated rings. The summed E-state index contributed by atoms with van der Waals surface area (Å²) in [5.41, 5.74) is 9.35. The molecule has 0 saturated heterocycles. The van der Waals surface area contributed by atoms with Gasteiger partial charge in [-0.3, -0.25) is 0 Å². The molecule has 0 aliphatic heterocycles. The smallest absolute Gasteiger partial charge is 0.193 e. The van der Waals surface area contributed by atoms with Gasteiger partial charge in [0.1, 0.15) is 0 Å². The zero-order valence-corrected chi connectivity index (χ0v) is 13.3. The molecule has 0 atom stereocenters. The highest BCUT2D eigenvalue weighted by Crippen LogP contribution is 2.15. The van der Waals surface area contributed by atoms with Crippen molar-refractivity contribution >= 4 is 23.4 Å². The number of hydrogen-bond donors (Lipinski definition) is 2. The van der Waals surface area contributed by atoms with Crippen LogP contribution in [0.25, 0.3) is 0 Å². The predicted molar refractivity (Wildman–Crippen MR) is 93.0 cm³/mol. The number of guanidine groups is 1. The van der Waals surface area contributed by atoms with E-state index < -0.39 is 0 Å². The molecule has 0 bridgehead atoms. The molecule has 0 aliphatic carbocycles. The van der Waals surface area contributed by atoms with Gasteiger partial charge < -0.3 is 11.1 Å². The molecule has 0 unspecified atom stereocenters. The van der Waals surface area contributed by atoms with Crippen molar-refractivity contribution in [2.24, 2.45) is 10.7 Å². The summed E-state index contributed by atoms with van der Waals surface area (Å²) in [6.45, 7) is 2.72. The van der Waals surface area contributed by atoms with Crippen molar-refractivity contribution in [3.63, 3.8) is 0 Å². The number of aliphatic imine (C=N–C) groups is 1. The van der Waals surface area contributed by atoms with E-state index in [0.29, 0.717) is 12.5 Å². The Hall–Kier alpha value is -1.94. The van der Waals surface area contributed by atoms with Crippen LogP contribution >= 0.6 is 11.8 Å². The summed E-state index contributed by atoms with van der Waals surface area (Å²) in [7, 11) is 0. The van der Waals surface area contributed by atoms with Crippen LogP contribution in [-0.4, -0.2) is 12.2 Å². The van der Waals surface area contributed by atoms with Gasteiger partial charge in [-0.05, 0) is 48.1 Å². The molecule has 21 heavy (non-hydrogen) atoms. The van der Waals surface area contributed by atoms with Gasteiger partial charge in [0.2, 0.25) is 0 Å². The van der Waals surface area contributed by atoms with E-state index in [1.807, 2.05) is 12.1 Å². The third-order valence-electron chi connectivity index (χ3n) is 3.20. The van der Waals surface area contributed by atoms with Crippen molar-refractivity contribution < 1.29 is 0 Å². The van der Waals surface area contributed by atoms with Crippen molar-refractivity contribution in [2.75, 3.05) is 11.6 Å². The molecule has 4 heteroatoms. The molecule has 0 spiro atoms. The molecular weight excluding hydrogens is 278 g/mol. The average Bonchev–Trinajstić information content (AvgIpc) is 2.53. The minimum Gasteiger partial charge on any atom is -0.370 e. The Bertz CT molecular complexity index is 606. The Morgan fingerprint density at radius 2 is 1.90 bits per heavy atom. The summed E-state index contributed by atoms with van der Waals surface area (Å²) in [5, 5.41) is 3.13. The van der Waals surface area contributed by atoms with Gasteiger partial charge in [-0.2, -0.15) is 0 Å². The van der Waals surface area contributed by atoms with Crippen LogP contribution in [0, 0.1) is 0 Å². The van der Waals surface area contributed by atoms with Crippen LogP contribution in [0.3, 0.4) is 0 Å². The lowest BCUT2D eigenvalue weighted by molar-refractivity contribution is 1.05. The molecule has 110 valence electrons. The number of thioether (sulfide) groups is 1.